The summed E-state index contributed by atoms with van der Waals surface area (Å²) in [7, 11) is 0. The van der Waals surface area contributed by atoms with Gasteiger partial charge in [0.2, 0.25) is 12.2 Å². The zero-order chi connectivity index (χ0) is 16.8. The highest BCUT2D eigenvalue weighted by Gasteiger charge is 2.07. The number of nitrogens with zero attached hydrogens (tertiary/aromatic N) is 2. The van der Waals surface area contributed by atoms with Gasteiger partial charge < -0.3 is 0 Å². The van der Waals surface area contributed by atoms with Gasteiger partial charge in [0.05, 0.1) is 11.4 Å². The molecule has 114 valence electrons. The number of hydrogen-bond donors (Lipinski definition) is 0. The highest BCUT2D eigenvalue weighted by molar-refractivity contribution is 5.84. The van der Waals surface area contributed by atoms with Crippen LogP contribution in [0.2, 0.25) is 0 Å². The number of aliphatic imine (C=N–C) groups is 2. The summed E-state index contributed by atoms with van der Waals surface area (Å²) in [6, 6.07) is 22.8. The second-order valence-electron chi connectivity index (χ2n) is 5.05. The van der Waals surface area contributed by atoms with Crippen LogP contribution in [0.5, 0.6) is 0 Å². The second kappa shape index (κ2) is 7.12. The van der Waals surface area contributed by atoms with Crippen LogP contribution < -0.4 is 0 Å². The van der Waals surface area contributed by atoms with Crippen molar-refractivity contribution in [3.8, 4) is 22.3 Å². The molecule has 0 radical (unpaired) electrons. The molecule has 0 aliphatic carbocycles. The van der Waals surface area contributed by atoms with E-state index in [1.165, 1.54) is 12.2 Å². The number of hydrogen-bond acceptors (Lipinski definition) is 4. The van der Waals surface area contributed by atoms with Crippen molar-refractivity contribution in [2.45, 2.75) is 0 Å². The summed E-state index contributed by atoms with van der Waals surface area (Å²) in [6.45, 7) is 0. The van der Waals surface area contributed by atoms with E-state index >= 15 is 0 Å². The normalized spacial score (nSPS) is 9.67. The Bertz CT molecular complexity index is 867. The molecule has 3 rings (SSSR count). The van der Waals surface area contributed by atoms with Gasteiger partial charge in [-0.25, -0.2) is 9.59 Å². The lowest BCUT2D eigenvalue weighted by Crippen LogP contribution is -1.84. The van der Waals surface area contributed by atoms with Crippen LogP contribution >= 0.6 is 0 Å². The molecular formula is C20H12N2O2. The van der Waals surface area contributed by atoms with E-state index in [0.717, 1.165) is 22.3 Å². The molecule has 0 saturated carbocycles. The quantitative estimate of drug-likeness (QED) is 0.505. The monoisotopic (exact) mass is 312 g/mol. The van der Waals surface area contributed by atoms with E-state index in [2.05, 4.69) is 9.98 Å². The van der Waals surface area contributed by atoms with Crippen LogP contribution in [0.3, 0.4) is 0 Å². The number of carbonyl (C=O) groups excluding carboxylic acids is 2. The van der Waals surface area contributed by atoms with Crippen LogP contribution in [0, 0.1) is 0 Å². The van der Waals surface area contributed by atoms with Gasteiger partial charge in [-0.15, -0.1) is 0 Å². The standard InChI is InChI=1S/C20H12N2O2/c23-13-21-17-9-5-15(6-10-17)19-3-1-2-4-20(19)16-7-11-18(12-8-16)22-14-24/h1-12H. The molecule has 3 aromatic carbocycles. The third kappa shape index (κ3) is 3.26. The molecule has 0 N–H and O–H groups in total. The van der Waals surface area contributed by atoms with Crippen molar-refractivity contribution in [1.29, 1.82) is 0 Å². The zero-order valence-electron chi connectivity index (χ0n) is 12.6. The molecule has 0 amide bonds. The van der Waals surface area contributed by atoms with Crippen LogP contribution in [0.15, 0.2) is 82.8 Å². The van der Waals surface area contributed by atoms with Crippen molar-refractivity contribution in [3.63, 3.8) is 0 Å². The Morgan fingerprint density at radius 3 is 1.25 bits per heavy atom. The van der Waals surface area contributed by atoms with E-state index < -0.39 is 0 Å². The van der Waals surface area contributed by atoms with Crippen molar-refractivity contribution in [3.05, 3.63) is 72.8 Å². The van der Waals surface area contributed by atoms with Gasteiger partial charge in [-0.1, -0.05) is 48.5 Å². The minimum Gasteiger partial charge on any atom is -0.211 e. The molecule has 0 spiro atoms. The van der Waals surface area contributed by atoms with Gasteiger partial charge in [-0.3, -0.25) is 0 Å². The molecule has 24 heavy (non-hydrogen) atoms. The molecule has 0 aromatic heterocycles. The van der Waals surface area contributed by atoms with E-state index in [-0.39, 0.29) is 0 Å². The third-order valence-corrected chi connectivity index (χ3v) is 3.63. The molecule has 0 aliphatic rings. The van der Waals surface area contributed by atoms with Gasteiger partial charge in [-0.05, 0) is 46.5 Å². The minimum absolute atomic E-state index is 0.572. The van der Waals surface area contributed by atoms with E-state index in [1.807, 2.05) is 48.5 Å². The number of isocyanates is 2. The Morgan fingerprint density at radius 2 is 0.917 bits per heavy atom. The average Bonchev–Trinajstić information content (AvgIpc) is 2.64. The lowest BCUT2D eigenvalue weighted by molar-refractivity contribution is 0.564. The summed E-state index contributed by atoms with van der Waals surface area (Å²) in [5.41, 5.74) is 5.30. The zero-order valence-corrected chi connectivity index (χ0v) is 12.6. The van der Waals surface area contributed by atoms with Crippen LogP contribution in [-0.2, 0) is 9.59 Å². The van der Waals surface area contributed by atoms with Crippen molar-refractivity contribution < 1.29 is 9.59 Å². The SMILES string of the molecule is O=C=Nc1ccc(-c2ccccc2-c2ccc(N=C=O)cc2)cc1. The van der Waals surface area contributed by atoms with Crippen LogP contribution in [-0.4, -0.2) is 12.2 Å². The Morgan fingerprint density at radius 1 is 0.542 bits per heavy atom. The molecule has 0 aliphatic heterocycles. The van der Waals surface area contributed by atoms with E-state index in [0.29, 0.717) is 11.4 Å². The van der Waals surface area contributed by atoms with Gasteiger partial charge in [0.25, 0.3) is 0 Å². The highest BCUT2D eigenvalue weighted by atomic mass is 16.1. The molecule has 4 nitrogen and oxygen atoms in total. The summed E-state index contributed by atoms with van der Waals surface area (Å²) in [5, 5.41) is 0. The molecular weight excluding hydrogens is 300 g/mol. The van der Waals surface area contributed by atoms with Crippen molar-refractivity contribution in [2.24, 2.45) is 9.98 Å². The van der Waals surface area contributed by atoms with Crippen LogP contribution in [0.1, 0.15) is 0 Å². The topological polar surface area (TPSA) is 58.9 Å². The van der Waals surface area contributed by atoms with E-state index in [4.69, 9.17) is 0 Å². The van der Waals surface area contributed by atoms with Crippen molar-refractivity contribution in [1.82, 2.24) is 0 Å². The lowest BCUT2D eigenvalue weighted by atomic mass is 9.94. The second-order valence-corrected chi connectivity index (χ2v) is 5.05. The van der Waals surface area contributed by atoms with E-state index in [9.17, 15) is 9.59 Å². The lowest BCUT2D eigenvalue weighted by Gasteiger charge is -2.10. The Kier molecular flexibility index (Phi) is 4.55. The summed E-state index contributed by atoms with van der Waals surface area (Å²) in [5.74, 6) is 0. The predicted octanol–water partition coefficient (Wildman–Crippen LogP) is 4.96. The third-order valence-electron chi connectivity index (χ3n) is 3.63. The first kappa shape index (κ1) is 15.3. The first-order valence-electron chi connectivity index (χ1n) is 7.27. The van der Waals surface area contributed by atoms with Gasteiger partial charge >= 0.3 is 0 Å². The van der Waals surface area contributed by atoms with Gasteiger partial charge in [-0.2, -0.15) is 9.98 Å². The molecule has 4 heteroatoms. The average molecular weight is 312 g/mol. The molecule has 3 aromatic rings. The Hall–Kier alpha value is -3.58. The summed E-state index contributed by atoms with van der Waals surface area (Å²) in [6.07, 6.45) is 3.07. The number of benzene rings is 3. The Labute approximate surface area is 138 Å². The summed E-state index contributed by atoms with van der Waals surface area (Å²) < 4.78 is 0. The first-order chi connectivity index (χ1) is 11.8. The van der Waals surface area contributed by atoms with Crippen molar-refractivity contribution >= 4 is 23.5 Å². The van der Waals surface area contributed by atoms with E-state index in [1.54, 1.807) is 24.3 Å². The summed E-state index contributed by atoms with van der Waals surface area (Å²) in [4.78, 5) is 27.8. The molecule has 0 atom stereocenters. The first-order valence-corrected chi connectivity index (χ1v) is 7.27. The number of rotatable bonds is 4. The molecule has 0 fully saturated rings. The van der Waals surface area contributed by atoms with Crippen molar-refractivity contribution in [2.75, 3.05) is 0 Å². The fourth-order valence-corrected chi connectivity index (χ4v) is 2.52. The van der Waals surface area contributed by atoms with Gasteiger partial charge in [0.15, 0.2) is 0 Å². The predicted molar refractivity (Wildman–Crippen MR) is 92.9 cm³/mol. The van der Waals surface area contributed by atoms with Gasteiger partial charge in [0.1, 0.15) is 0 Å². The maximum Gasteiger partial charge on any atom is 0.240 e. The smallest absolute Gasteiger partial charge is 0.211 e. The van der Waals surface area contributed by atoms with Crippen LogP contribution in [0.25, 0.3) is 22.3 Å². The maximum absolute atomic E-state index is 10.3. The summed E-state index contributed by atoms with van der Waals surface area (Å²) >= 11 is 0. The largest absolute Gasteiger partial charge is 0.240 e. The molecule has 0 saturated heterocycles. The fraction of sp³-hybridized carbons (Fsp3) is 0. The Balaban J connectivity index is 2.04. The maximum atomic E-state index is 10.3. The molecule has 0 bridgehead atoms. The minimum atomic E-state index is 0.572. The molecule has 0 unspecified atom stereocenters. The fourth-order valence-electron chi connectivity index (χ4n) is 2.52. The highest BCUT2D eigenvalue weighted by Crippen LogP contribution is 2.33. The van der Waals surface area contributed by atoms with Gasteiger partial charge in [0, 0.05) is 0 Å². The van der Waals surface area contributed by atoms with Crippen LogP contribution in [0.4, 0.5) is 11.4 Å². The molecule has 0 heterocycles.